The SMILES string of the molecule is Cl.Nc1cccc(C(=O)NCC(F)(F)C(F)F)c1. The summed E-state index contributed by atoms with van der Waals surface area (Å²) in [6.07, 6.45) is -3.82. The van der Waals surface area contributed by atoms with Crippen molar-refractivity contribution in [1.29, 1.82) is 0 Å². The Kier molecular flexibility index (Phi) is 5.90. The number of alkyl halides is 4. The third-order valence-electron chi connectivity index (χ3n) is 1.95. The Bertz CT molecular complexity index is 415. The molecule has 1 aromatic rings. The van der Waals surface area contributed by atoms with Crippen LogP contribution < -0.4 is 11.1 Å². The molecule has 8 heteroatoms. The number of rotatable bonds is 4. The Labute approximate surface area is 107 Å². The van der Waals surface area contributed by atoms with Gasteiger partial charge in [0.2, 0.25) is 0 Å². The van der Waals surface area contributed by atoms with Gasteiger partial charge in [0.25, 0.3) is 5.91 Å². The highest BCUT2D eigenvalue weighted by Crippen LogP contribution is 2.21. The maximum absolute atomic E-state index is 12.5. The number of hydrogen-bond donors (Lipinski definition) is 2. The van der Waals surface area contributed by atoms with Crippen LogP contribution in [-0.4, -0.2) is 24.8 Å². The molecule has 3 nitrogen and oxygen atoms in total. The Hall–Kier alpha value is -1.50. The Morgan fingerprint density at radius 3 is 2.50 bits per heavy atom. The molecular weight excluding hydrogens is 276 g/mol. The van der Waals surface area contributed by atoms with E-state index < -0.39 is 24.8 Å². The fourth-order valence-electron chi connectivity index (χ4n) is 1.06. The zero-order valence-corrected chi connectivity index (χ0v) is 9.82. The molecule has 0 spiro atoms. The topological polar surface area (TPSA) is 55.1 Å². The lowest BCUT2D eigenvalue weighted by Crippen LogP contribution is -2.41. The summed E-state index contributed by atoms with van der Waals surface area (Å²) in [5.74, 6) is -5.12. The van der Waals surface area contributed by atoms with Crippen molar-refractivity contribution in [1.82, 2.24) is 5.32 Å². The number of benzene rings is 1. The monoisotopic (exact) mass is 286 g/mol. The van der Waals surface area contributed by atoms with Crippen molar-refractivity contribution in [3.63, 3.8) is 0 Å². The molecule has 0 atom stereocenters. The summed E-state index contributed by atoms with van der Waals surface area (Å²) in [6, 6.07) is 5.56. The normalized spacial score (nSPS) is 10.9. The Balaban J connectivity index is 0.00000289. The number of carbonyl (C=O) groups excluding carboxylic acids is 1. The summed E-state index contributed by atoms with van der Waals surface area (Å²) in [7, 11) is 0. The van der Waals surface area contributed by atoms with Gasteiger partial charge in [0.1, 0.15) is 0 Å². The van der Waals surface area contributed by atoms with Gasteiger partial charge < -0.3 is 11.1 Å². The number of nitrogens with two attached hydrogens (primary N) is 1. The van der Waals surface area contributed by atoms with Crippen LogP contribution >= 0.6 is 12.4 Å². The molecule has 0 aromatic heterocycles. The van der Waals surface area contributed by atoms with E-state index in [1.807, 2.05) is 0 Å². The van der Waals surface area contributed by atoms with Crippen molar-refractivity contribution in [3.05, 3.63) is 29.8 Å². The van der Waals surface area contributed by atoms with Gasteiger partial charge in [-0.2, -0.15) is 8.78 Å². The fourth-order valence-corrected chi connectivity index (χ4v) is 1.06. The molecule has 0 unspecified atom stereocenters. The Morgan fingerprint density at radius 1 is 1.39 bits per heavy atom. The van der Waals surface area contributed by atoms with Crippen LogP contribution in [0, 0.1) is 0 Å². The molecule has 3 N–H and O–H groups in total. The molecular formula is C10H11ClF4N2O. The van der Waals surface area contributed by atoms with Crippen LogP contribution in [0.25, 0.3) is 0 Å². The summed E-state index contributed by atoms with van der Waals surface area (Å²) in [5, 5.41) is 1.72. The third-order valence-corrected chi connectivity index (χ3v) is 1.95. The second kappa shape index (κ2) is 6.44. The van der Waals surface area contributed by atoms with Crippen molar-refractivity contribution in [2.24, 2.45) is 0 Å². The molecule has 102 valence electrons. The van der Waals surface area contributed by atoms with Crippen molar-refractivity contribution in [2.75, 3.05) is 12.3 Å². The van der Waals surface area contributed by atoms with Gasteiger partial charge in [-0.15, -0.1) is 12.4 Å². The molecule has 0 aliphatic rings. The summed E-state index contributed by atoms with van der Waals surface area (Å²) in [6.45, 7) is -1.42. The first-order valence-electron chi connectivity index (χ1n) is 4.62. The summed E-state index contributed by atoms with van der Waals surface area (Å²) >= 11 is 0. The van der Waals surface area contributed by atoms with Crippen LogP contribution in [0.2, 0.25) is 0 Å². The molecule has 0 saturated carbocycles. The van der Waals surface area contributed by atoms with Crippen molar-refractivity contribution < 1.29 is 22.4 Å². The van der Waals surface area contributed by atoms with Crippen LogP contribution in [0.1, 0.15) is 10.4 Å². The van der Waals surface area contributed by atoms with Gasteiger partial charge in [-0.1, -0.05) is 6.07 Å². The van der Waals surface area contributed by atoms with Gasteiger partial charge in [0, 0.05) is 11.3 Å². The summed E-state index contributed by atoms with van der Waals surface area (Å²) in [4.78, 5) is 11.3. The van der Waals surface area contributed by atoms with E-state index in [1.165, 1.54) is 24.3 Å². The largest absolute Gasteiger partial charge is 0.399 e. The molecule has 18 heavy (non-hydrogen) atoms. The zero-order valence-electron chi connectivity index (χ0n) is 9.00. The molecule has 0 fully saturated rings. The highest BCUT2D eigenvalue weighted by Gasteiger charge is 2.40. The van der Waals surface area contributed by atoms with Crippen molar-refractivity contribution in [3.8, 4) is 0 Å². The minimum absolute atomic E-state index is 0. The lowest BCUT2D eigenvalue weighted by molar-refractivity contribution is -0.123. The highest BCUT2D eigenvalue weighted by atomic mass is 35.5. The average Bonchev–Trinajstić information content (AvgIpc) is 2.25. The molecule has 0 radical (unpaired) electrons. The van der Waals surface area contributed by atoms with Gasteiger partial charge in [0.05, 0.1) is 6.54 Å². The van der Waals surface area contributed by atoms with E-state index in [-0.39, 0.29) is 23.7 Å². The summed E-state index contributed by atoms with van der Waals surface area (Å²) in [5.41, 5.74) is 5.69. The number of nitrogens with one attached hydrogen (secondary N) is 1. The number of hydrogen-bond acceptors (Lipinski definition) is 2. The number of amides is 1. The van der Waals surface area contributed by atoms with Gasteiger partial charge in [-0.05, 0) is 18.2 Å². The van der Waals surface area contributed by atoms with Crippen LogP contribution in [0.3, 0.4) is 0 Å². The van der Waals surface area contributed by atoms with Gasteiger partial charge in [-0.25, -0.2) is 8.78 Å². The van der Waals surface area contributed by atoms with Gasteiger partial charge >= 0.3 is 12.3 Å². The number of carbonyl (C=O) groups is 1. The van der Waals surface area contributed by atoms with E-state index in [2.05, 4.69) is 0 Å². The Morgan fingerprint density at radius 2 is 2.00 bits per heavy atom. The van der Waals surface area contributed by atoms with Crippen LogP contribution in [0.4, 0.5) is 23.2 Å². The molecule has 0 aliphatic carbocycles. The molecule has 0 aliphatic heterocycles. The molecule has 0 bridgehead atoms. The maximum Gasteiger partial charge on any atom is 0.324 e. The zero-order chi connectivity index (χ0) is 13.1. The quantitative estimate of drug-likeness (QED) is 0.659. The third kappa shape index (κ3) is 4.40. The summed E-state index contributed by atoms with van der Waals surface area (Å²) < 4.78 is 48.6. The number of nitrogen functional groups attached to an aromatic ring is 1. The second-order valence-corrected chi connectivity index (χ2v) is 3.37. The highest BCUT2D eigenvalue weighted by molar-refractivity contribution is 5.95. The molecule has 1 aromatic carbocycles. The first kappa shape index (κ1) is 16.5. The molecule has 1 rings (SSSR count). The smallest absolute Gasteiger partial charge is 0.324 e. The fraction of sp³-hybridized carbons (Fsp3) is 0.300. The van der Waals surface area contributed by atoms with Crippen LogP contribution in [0.15, 0.2) is 24.3 Å². The van der Waals surface area contributed by atoms with E-state index in [0.717, 1.165) is 0 Å². The minimum atomic E-state index is -4.24. The van der Waals surface area contributed by atoms with Crippen LogP contribution in [0.5, 0.6) is 0 Å². The first-order valence-corrected chi connectivity index (χ1v) is 4.62. The van der Waals surface area contributed by atoms with E-state index in [0.29, 0.717) is 0 Å². The van der Waals surface area contributed by atoms with Crippen molar-refractivity contribution in [2.45, 2.75) is 12.3 Å². The predicted octanol–water partition coefficient (Wildman–Crippen LogP) is 2.32. The standard InChI is InChI=1S/C10H10F4N2O.ClH/c11-9(12)10(13,14)5-16-8(17)6-2-1-3-7(15)4-6;/h1-4,9H,5,15H2,(H,16,17);1H. The van der Waals surface area contributed by atoms with E-state index in [9.17, 15) is 22.4 Å². The predicted molar refractivity (Wildman–Crippen MR) is 61.4 cm³/mol. The van der Waals surface area contributed by atoms with Gasteiger partial charge in [0.15, 0.2) is 0 Å². The minimum Gasteiger partial charge on any atom is -0.399 e. The maximum atomic E-state index is 12.5. The van der Waals surface area contributed by atoms with Crippen LogP contribution in [-0.2, 0) is 0 Å². The molecule has 1 amide bonds. The first-order chi connectivity index (χ1) is 7.83. The number of halogens is 5. The molecule has 0 saturated heterocycles. The number of anilines is 1. The lowest BCUT2D eigenvalue weighted by atomic mass is 10.2. The van der Waals surface area contributed by atoms with E-state index in [4.69, 9.17) is 5.73 Å². The lowest BCUT2D eigenvalue weighted by Gasteiger charge is -2.15. The second-order valence-electron chi connectivity index (χ2n) is 3.37. The van der Waals surface area contributed by atoms with E-state index >= 15 is 0 Å². The van der Waals surface area contributed by atoms with Crippen molar-refractivity contribution >= 4 is 24.0 Å². The average molecular weight is 287 g/mol. The van der Waals surface area contributed by atoms with E-state index in [1.54, 1.807) is 5.32 Å². The molecule has 0 heterocycles. The van der Waals surface area contributed by atoms with Gasteiger partial charge in [-0.3, -0.25) is 4.79 Å².